The molecule has 0 aliphatic heterocycles. The van der Waals surface area contributed by atoms with Crippen molar-refractivity contribution in [2.75, 3.05) is 11.1 Å². The lowest BCUT2D eigenvalue weighted by Crippen LogP contribution is -2.12. The standard InChI is InChI=1S/C12H12FN3OS/c1-6-3-4-9(8(13)5-6)16-11(17)10-7(2)15-12(14)18-10/h3-5H,1-2H3,(H2,14,15)(H,16,17). The molecule has 1 aromatic heterocycles. The first-order valence-electron chi connectivity index (χ1n) is 5.28. The molecule has 94 valence electrons. The minimum atomic E-state index is -0.460. The van der Waals surface area contributed by atoms with Crippen LogP contribution < -0.4 is 11.1 Å². The number of halogens is 1. The van der Waals surface area contributed by atoms with Gasteiger partial charge in [-0.3, -0.25) is 4.79 Å². The molecule has 0 saturated carbocycles. The van der Waals surface area contributed by atoms with E-state index in [9.17, 15) is 9.18 Å². The summed E-state index contributed by atoms with van der Waals surface area (Å²) in [6.07, 6.45) is 0. The lowest BCUT2D eigenvalue weighted by Gasteiger charge is -2.05. The molecular weight excluding hydrogens is 253 g/mol. The van der Waals surface area contributed by atoms with E-state index in [1.807, 2.05) is 0 Å². The minimum Gasteiger partial charge on any atom is -0.375 e. The van der Waals surface area contributed by atoms with Crippen LogP contribution in [0.25, 0.3) is 0 Å². The Labute approximate surface area is 108 Å². The van der Waals surface area contributed by atoms with Crippen LogP contribution in [0.4, 0.5) is 15.2 Å². The van der Waals surface area contributed by atoms with Crippen LogP contribution in [0.1, 0.15) is 20.9 Å². The first-order valence-corrected chi connectivity index (χ1v) is 6.09. The zero-order valence-corrected chi connectivity index (χ0v) is 10.8. The molecule has 0 saturated heterocycles. The smallest absolute Gasteiger partial charge is 0.267 e. The Hall–Kier alpha value is -1.95. The fourth-order valence-corrected chi connectivity index (χ4v) is 2.26. The average Bonchev–Trinajstić information content (AvgIpc) is 2.62. The van der Waals surface area contributed by atoms with Gasteiger partial charge in [-0.15, -0.1) is 0 Å². The maximum atomic E-state index is 13.6. The van der Waals surface area contributed by atoms with Crippen molar-refractivity contribution in [3.63, 3.8) is 0 Å². The van der Waals surface area contributed by atoms with Gasteiger partial charge in [-0.25, -0.2) is 9.37 Å². The van der Waals surface area contributed by atoms with Crippen molar-refractivity contribution < 1.29 is 9.18 Å². The fraction of sp³-hybridized carbons (Fsp3) is 0.167. The Bertz CT molecular complexity index is 609. The molecule has 18 heavy (non-hydrogen) atoms. The lowest BCUT2D eigenvalue weighted by molar-refractivity contribution is 0.102. The fourth-order valence-electron chi connectivity index (χ4n) is 1.53. The van der Waals surface area contributed by atoms with E-state index >= 15 is 0 Å². The molecule has 0 aliphatic carbocycles. The number of aryl methyl sites for hydroxylation is 2. The van der Waals surface area contributed by atoms with Gasteiger partial charge in [0.2, 0.25) is 0 Å². The van der Waals surface area contributed by atoms with Gasteiger partial charge in [0.1, 0.15) is 10.7 Å². The number of nitrogen functional groups attached to an aromatic ring is 1. The third-order valence-electron chi connectivity index (χ3n) is 2.39. The van der Waals surface area contributed by atoms with Crippen LogP contribution in [0.5, 0.6) is 0 Å². The van der Waals surface area contributed by atoms with Gasteiger partial charge in [0.05, 0.1) is 11.4 Å². The molecule has 0 aliphatic rings. The predicted molar refractivity (Wildman–Crippen MR) is 70.4 cm³/mol. The van der Waals surface area contributed by atoms with E-state index in [0.29, 0.717) is 15.7 Å². The van der Waals surface area contributed by atoms with Crippen LogP contribution in [-0.2, 0) is 0 Å². The highest BCUT2D eigenvalue weighted by atomic mass is 32.1. The number of aromatic nitrogens is 1. The quantitative estimate of drug-likeness (QED) is 0.877. The summed E-state index contributed by atoms with van der Waals surface area (Å²) < 4.78 is 13.6. The molecule has 2 rings (SSSR count). The molecule has 3 N–H and O–H groups in total. The first-order chi connectivity index (χ1) is 8.47. The number of carbonyl (C=O) groups is 1. The van der Waals surface area contributed by atoms with E-state index in [2.05, 4.69) is 10.3 Å². The lowest BCUT2D eigenvalue weighted by atomic mass is 10.2. The van der Waals surface area contributed by atoms with Crippen molar-refractivity contribution in [3.8, 4) is 0 Å². The highest BCUT2D eigenvalue weighted by molar-refractivity contribution is 7.17. The van der Waals surface area contributed by atoms with Gasteiger partial charge in [-0.1, -0.05) is 17.4 Å². The van der Waals surface area contributed by atoms with Gasteiger partial charge in [0.25, 0.3) is 5.91 Å². The summed E-state index contributed by atoms with van der Waals surface area (Å²) in [5.74, 6) is -0.858. The highest BCUT2D eigenvalue weighted by Crippen LogP contribution is 2.22. The molecule has 1 aromatic carbocycles. The molecule has 0 bridgehead atoms. The van der Waals surface area contributed by atoms with E-state index in [-0.39, 0.29) is 5.69 Å². The maximum absolute atomic E-state index is 13.6. The summed E-state index contributed by atoms with van der Waals surface area (Å²) in [4.78, 5) is 16.3. The number of nitrogens with zero attached hydrogens (tertiary/aromatic N) is 1. The van der Waals surface area contributed by atoms with Crippen LogP contribution in [0.15, 0.2) is 18.2 Å². The van der Waals surface area contributed by atoms with Crippen molar-refractivity contribution >= 4 is 28.1 Å². The monoisotopic (exact) mass is 265 g/mol. The zero-order valence-electron chi connectivity index (χ0n) is 9.95. The molecule has 0 atom stereocenters. The zero-order chi connectivity index (χ0) is 13.3. The number of thiazole rings is 1. The molecule has 0 radical (unpaired) electrons. The Morgan fingerprint density at radius 2 is 2.17 bits per heavy atom. The summed E-state index contributed by atoms with van der Waals surface area (Å²) in [5, 5.41) is 2.83. The maximum Gasteiger partial charge on any atom is 0.267 e. The molecule has 0 spiro atoms. The molecule has 6 heteroatoms. The normalized spacial score (nSPS) is 10.4. The highest BCUT2D eigenvalue weighted by Gasteiger charge is 2.15. The Morgan fingerprint density at radius 3 is 2.72 bits per heavy atom. The van der Waals surface area contributed by atoms with Crippen molar-refractivity contribution in [2.24, 2.45) is 0 Å². The van der Waals surface area contributed by atoms with Crippen molar-refractivity contribution in [1.82, 2.24) is 4.98 Å². The number of nitrogens with one attached hydrogen (secondary N) is 1. The summed E-state index contributed by atoms with van der Waals surface area (Å²) in [6, 6.07) is 4.62. The number of amides is 1. The molecule has 0 fully saturated rings. The number of rotatable bonds is 2. The second-order valence-electron chi connectivity index (χ2n) is 3.90. The third kappa shape index (κ3) is 2.48. The average molecular weight is 265 g/mol. The molecule has 4 nitrogen and oxygen atoms in total. The van der Waals surface area contributed by atoms with Crippen LogP contribution >= 0.6 is 11.3 Å². The summed E-state index contributed by atoms with van der Waals surface area (Å²) >= 11 is 1.08. The molecule has 1 heterocycles. The number of hydrogen-bond acceptors (Lipinski definition) is 4. The topological polar surface area (TPSA) is 68.0 Å². The summed E-state index contributed by atoms with van der Waals surface area (Å²) in [6.45, 7) is 3.47. The van der Waals surface area contributed by atoms with E-state index < -0.39 is 11.7 Å². The van der Waals surface area contributed by atoms with E-state index in [1.54, 1.807) is 19.9 Å². The molecular formula is C12H12FN3OS. The van der Waals surface area contributed by atoms with Crippen molar-refractivity contribution in [2.45, 2.75) is 13.8 Å². The van der Waals surface area contributed by atoms with Crippen LogP contribution in [0.2, 0.25) is 0 Å². The molecule has 2 aromatic rings. The predicted octanol–water partition coefficient (Wildman–Crippen LogP) is 2.73. The Kier molecular flexibility index (Phi) is 3.29. The minimum absolute atomic E-state index is 0.150. The first kappa shape index (κ1) is 12.5. The molecule has 0 unspecified atom stereocenters. The van der Waals surface area contributed by atoms with Crippen molar-refractivity contribution in [1.29, 1.82) is 0 Å². The van der Waals surface area contributed by atoms with Crippen LogP contribution in [0.3, 0.4) is 0 Å². The van der Waals surface area contributed by atoms with Gasteiger partial charge in [0.15, 0.2) is 5.13 Å². The second kappa shape index (κ2) is 4.73. The van der Waals surface area contributed by atoms with Gasteiger partial charge in [-0.05, 0) is 31.5 Å². The van der Waals surface area contributed by atoms with Gasteiger partial charge in [0, 0.05) is 0 Å². The number of carbonyl (C=O) groups excluding carboxylic acids is 1. The summed E-state index contributed by atoms with van der Waals surface area (Å²) in [7, 11) is 0. The second-order valence-corrected chi connectivity index (χ2v) is 4.93. The number of anilines is 2. The number of nitrogens with two attached hydrogens (primary N) is 1. The summed E-state index contributed by atoms with van der Waals surface area (Å²) in [5.41, 5.74) is 7.00. The molecule has 1 amide bonds. The Balaban J connectivity index is 2.24. The SMILES string of the molecule is Cc1ccc(NC(=O)c2sc(N)nc2C)c(F)c1. The largest absolute Gasteiger partial charge is 0.375 e. The van der Waals surface area contributed by atoms with Gasteiger partial charge < -0.3 is 11.1 Å². The van der Waals surface area contributed by atoms with E-state index in [4.69, 9.17) is 5.73 Å². The number of benzene rings is 1. The van der Waals surface area contributed by atoms with Crippen LogP contribution in [0, 0.1) is 19.7 Å². The third-order valence-corrected chi connectivity index (χ3v) is 3.38. The van der Waals surface area contributed by atoms with E-state index in [1.165, 1.54) is 12.1 Å². The van der Waals surface area contributed by atoms with E-state index in [0.717, 1.165) is 16.9 Å². The Morgan fingerprint density at radius 1 is 1.44 bits per heavy atom. The van der Waals surface area contributed by atoms with Gasteiger partial charge in [-0.2, -0.15) is 0 Å². The van der Waals surface area contributed by atoms with Crippen LogP contribution in [-0.4, -0.2) is 10.9 Å². The number of hydrogen-bond donors (Lipinski definition) is 2. The van der Waals surface area contributed by atoms with Crippen molar-refractivity contribution in [3.05, 3.63) is 40.2 Å². The van der Waals surface area contributed by atoms with Gasteiger partial charge >= 0.3 is 0 Å².